The minimum atomic E-state index is -0.670. The lowest BCUT2D eigenvalue weighted by Crippen LogP contribution is -2.34. The summed E-state index contributed by atoms with van der Waals surface area (Å²) in [4.78, 5) is 7.44. The zero-order chi connectivity index (χ0) is 26.3. The van der Waals surface area contributed by atoms with Gasteiger partial charge in [-0.3, -0.25) is 0 Å². The maximum Gasteiger partial charge on any atom is 0.143 e. The van der Waals surface area contributed by atoms with Crippen molar-refractivity contribution in [1.29, 1.82) is 0 Å². The summed E-state index contributed by atoms with van der Waals surface area (Å²) in [6.45, 7) is 6.19. The molecule has 1 unspecified atom stereocenters. The molecule has 2 aromatic heterocycles. The van der Waals surface area contributed by atoms with E-state index in [1.54, 1.807) is 18.4 Å². The summed E-state index contributed by atoms with van der Waals surface area (Å²) < 4.78 is 7.99. The highest BCUT2D eigenvalue weighted by Crippen LogP contribution is 2.36. The van der Waals surface area contributed by atoms with E-state index in [1.807, 2.05) is 61.5 Å². The Morgan fingerprint density at radius 2 is 1.89 bits per heavy atom. The average Bonchev–Trinajstić information content (AvgIpc) is 3.59. The van der Waals surface area contributed by atoms with E-state index in [1.165, 1.54) is 17.8 Å². The van der Waals surface area contributed by atoms with Crippen LogP contribution in [0.4, 0.5) is 0 Å². The molecule has 1 fully saturated rings. The number of aliphatic hydroxyl groups is 1. The van der Waals surface area contributed by atoms with E-state index in [2.05, 4.69) is 39.3 Å². The number of para-hydroxylation sites is 1. The quantitative estimate of drug-likeness (QED) is 0.225. The average molecular weight is 528 g/mol. The number of fused-ring (bicyclic) bond motifs is 1. The maximum absolute atomic E-state index is 11.2. The second-order valence-electron chi connectivity index (χ2n) is 9.91. The zero-order valence-electron chi connectivity index (χ0n) is 22.3. The molecule has 198 valence electrons. The predicted octanol–water partition coefficient (Wildman–Crippen LogP) is 7.05. The van der Waals surface area contributed by atoms with Gasteiger partial charge in [-0.25, -0.2) is 4.98 Å². The normalized spacial score (nSPS) is 16.2. The van der Waals surface area contributed by atoms with Crippen LogP contribution in [-0.2, 0) is 6.54 Å². The number of aliphatic hydroxyl groups excluding tert-OH is 1. The van der Waals surface area contributed by atoms with Gasteiger partial charge in [0.05, 0.1) is 23.3 Å². The maximum atomic E-state index is 11.2. The Kier molecular flexibility index (Phi) is 8.74. The first-order chi connectivity index (χ1) is 18.7. The Labute approximate surface area is 229 Å². The van der Waals surface area contributed by atoms with E-state index >= 15 is 0 Å². The first-order valence-electron chi connectivity index (χ1n) is 13.5. The van der Waals surface area contributed by atoms with Crippen LogP contribution in [0.5, 0.6) is 5.75 Å². The number of methoxy groups -OCH3 is 1. The van der Waals surface area contributed by atoms with Gasteiger partial charge in [-0.15, -0.1) is 11.3 Å². The van der Waals surface area contributed by atoms with Crippen LogP contribution >= 0.6 is 11.3 Å². The van der Waals surface area contributed by atoms with Gasteiger partial charge in [-0.2, -0.15) is 0 Å². The Hall–Kier alpha value is -3.19. The minimum absolute atomic E-state index is 0.569. The van der Waals surface area contributed by atoms with Crippen molar-refractivity contribution in [2.75, 3.05) is 26.7 Å². The molecule has 1 aliphatic heterocycles. The lowest BCUT2D eigenvalue weighted by molar-refractivity contribution is 0.207. The molecule has 2 aromatic carbocycles. The highest BCUT2D eigenvalue weighted by atomic mass is 32.1. The number of piperidine rings is 1. The second-order valence-corrected chi connectivity index (χ2v) is 10.8. The molecule has 38 heavy (non-hydrogen) atoms. The smallest absolute Gasteiger partial charge is 0.143 e. The van der Waals surface area contributed by atoms with Crippen LogP contribution in [0.15, 0.2) is 78.3 Å². The Morgan fingerprint density at radius 3 is 2.66 bits per heavy atom. The summed E-state index contributed by atoms with van der Waals surface area (Å²) in [6, 6.07) is 16.0. The van der Waals surface area contributed by atoms with E-state index in [0.717, 1.165) is 66.1 Å². The Balaban J connectivity index is 1.21. The molecule has 1 N–H and O–H groups in total. The number of thiazole rings is 1. The number of rotatable bonds is 10. The summed E-state index contributed by atoms with van der Waals surface area (Å²) in [5.74, 6) is 1.41. The van der Waals surface area contributed by atoms with Crippen molar-refractivity contribution in [2.45, 2.75) is 44.8 Å². The topological polar surface area (TPSA) is 50.5 Å². The van der Waals surface area contributed by atoms with Crippen molar-refractivity contribution >= 4 is 28.3 Å². The molecule has 1 aliphatic rings. The molecule has 0 bridgehead atoms. The number of likely N-dealkylation sites (tertiary alicyclic amines) is 1. The molecule has 0 saturated carbocycles. The molecule has 5 nitrogen and oxygen atoms in total. The molecule has 0 amide bonds. The molecule has 4 aromatic rings. The zero-order valence-corrected chi connectivity index (χ0v) is 23.1. The lowest BCUT2D eigenvalue weighted by Gasteiger charge is -2.31. The number of aryl methyl sites for hydroxylation is 1. The van der Waals surface area contributed by atoms with Gasteiger partial charge in [-0.1, -0.05) is 60.7 Å². The number of nitrogens with zero attached hydrogens (tertiary/aromatic N) is 3. The molecule has 5 rings (SSSR count). The van der Waals surface area contributed by atoms with E-state index in [0.29, 0.717) is 5.92 Å². The number of hydrogen-bond donors (Lipinski definition) is 1. The number of hydrogen-bond acceptors (Lipinski definition) is 5. The third-order valence-corrected chi connectivity index (χ3v) is 8.47. The second kappa shape index (κ2) is 12.6. The first kappa shape index (κ1) is 26.4. The van der Waals surface area contributed by atoms with Crippen LogP contribution < -0.4 is 4.74 Å². The van der Waals surface area contributed by atoms with Gasteiger partial charge < -0.3 is 19.3 Å². The molecule has 3 heterocycles. The Bertz CT molecular complexity index is 1380. The summed E-state index contributed by atoms with van der Waals surface area (Å²) in [6.07, 6.45) is 13.0. The number of benzene rings is 2. The molecule has 0 spiro atoms. The van der Waals surface area contributed by atoms with Gasteiger partial charge in [-0.05, 0) is 63.5 Å². The van der Waals surface area contributed by atoms with Crippen LogP contribution in [0.1, 0.15) is 60.0 Å². The third kappa shape index (κ3) is 5.93. The first-order valence-corrected chi connectivity index (χ1v) is 14.4. The van der Waals surface area contributed by atoms with Gasteiger partial charge in [0.15, 0.2) is 0 Å². The summed E-state index contributed by atoms with van der Waals surface area (Å²) in [5.41, 5.74) is 3.95. The molecular weight excluding hydrogens is 490 g/mol. The van der Waals surface area contributed by atoms with Gasteiger partial charge in [0.2, 0.25) is 0 Å². The van der Waals surface area contributed by atoms with Crippen molar-refractivity contribution in [1.82, 2.24) is 14.5 Å². The van der Waals surface area contributed by atoms with Crippen molar-refractivity contribution in [2.24, 2.45) is 0 Å². The van der Waals surface area contributed by atoms with Gasteiger partial charge in [0, 0.05) is 35.0 Å². The SMILES string of the molecule is C/C=C\C=C/c1csc(C2CCN(CCCn3cc(C(O)c4ccccc4)c4cccc(OC)c43)CC2)n1. The van der Waals surface area contributed by atoms with Crippen LogP contribution in [0.2, 0.25) is 0 Å². The predicted molar refractivity (Wildman–Crippen MR) is 158 cm³/mol. The molecule has 0 radical (unpaired) electrons. The summed E-state index contributed by atoms with van der Waals surface area (Å²) in [7, 11) is 1.72. The monoisotopic (exact) mass is 527 g/mol. The van der Waals surface area contributed by atoms with Crippen molar-refractivity contribution in [3.8, 4) is 5.75 Å². The molecular formula is C32H37N3O2S. The fourth-order valence-electron chi connectivity index (χ4n) is 5.43. The fraction of sp³-hybridized carbons (Fsp3) is 0.344. The number of aromatic nitrogens is 2. The molecule has 1 atom stereocenters. The number of ether oxygens (including phenoxy) is 1. The highest BCUT2D eigenvalue weighted by molar-refractivity contribution is 7.09. The molecule has 0 aliphatic carbocycles. The third-order valence-electron chi connectivity index (χ3n) is 7.44. The fourth-order valence-corrected chi connectivity index (χ4v) is 6.38. The van der Waals surface area contributed by atoms with Crippen molar-refractivity contribution < 1.29 is 9.84 Å². The summed E-state index contributed by atoms with van der Waals surface area (Å²) in [5, 5.41) is 15.7. The standard InChI is InChI=1S/C32H37N3O2S/c1-3-4-6-13-26-23-38-32(33-26)25-16-20-34(21-17-25)18-10-19-35-22-28(31(36)24-11-7-5-8-12-24)27-14-9-15-29(37-2)30(27)35/h3-9,11-15,22-23,25,31,36H,10,16-21H2,1-2H3/b4-3-,13-6-. The van der Waals surface area contributed by atoms with Crippen LogP contribution in [0.3, 0.4) is 0 Å². The molecule has 6 heteroatoms. The lowest BCUT2D eigenvalue weighted by atomic mass is 9.97. The Morgan fingerprint density at radius 1 is 1.08 bits per heavy atom. The largest absolute Gasteiger partial charge is 0.495 e. The van der Waals surface area contributed by atoms with Crippen LogP contribution in [0.25, 0.3) is 17.0 Å². The number of allylic oxidation sites excluding steroid dienone is 3. The van der Waals surface area contributed by atoms with E-state index < -0.39 is 6.10 Å². The minimum Gasteiger partial charge on any atom is -0.495 e. The van der Waals surface area contributed by atoms with E-state index in [-0.39, 0.29) is 0 Å². The summed E-state index contributed by atoms with van der Waals surface area (Å²) >= 11 is 1.80. The van der Waals surface area contributed by atoms with Crippen molar-refractivity contribution in [3.63, 3.8) is 0 Å². The highest BCUT2D eigenvalue weighted by Gasteiger charge is 2.23. The van der Waals surface area contributed by atoms with Crippen LogP contribution in [0, 0.1) is 0 Å². The molecule has 1 saturated heterocycles. The van der Waals surface area contributed by atoms with Crippen molar-refractivity contribution in [3.05, 3.63) is 100 Å². The van der Waals surface area contributed by atoms with Crippen LogP contribution in [-0.4, -0.2) is 46.3 Å². The van der Waals surface area contributed by atoms with Gasteiger partial charge >= 0.3 is 0 Å². The van der Waals surface area contributed by atoms with E-state index in [9.17, 15) is 5.11 Å². The van der Waals surface area contributed by atoms with Gasteiger partial charge in [0.1, 0.15) is 11.9 Å². The van der Waals surface area contributed by atoms with E-state index in [4.69, 9.17) is 9.72 Å². The van der Waals surface area contributed by atoms with Gasteiger partial charge in [0.25, 0.3) is 0 Å².